The molecule has 2 N–H and O–H groups in total. The third kappa shape index (κ3) is 8.96. The molecule has 1 aliphatic rings. The number of rotatable bonds is 9. The van der Waals surface area contributed by atoms with Gasteiger partial charge >= 0.3 is 0 Å². The third-order valence-electron chi connectivity index (χ3n) is 4.55. The number of guanidine groups is 1. The fourth-order valence-corrected chi connectivity index (χ4v) is 3.30. The highest BCUT2D eigenvalue weighted by Gasteiger charge is 2.21. The van der Waals surface area contributed by atoms with Crippen LogP contribution in [0.2, 0.25) is 0 Å². The molecular formula is C21H37IN4O3. The first kappa shape index (κ1) is 25.8. The smallest absolute Gasteiger partial charge is 0.191 e. The van der Waals surface area contributed by atoms with E-state index in [2.05, 4.69) is 34.4 Å². The molecule has 1 aromatic carbocycles. The minimum absolute atomic E-state index is 0. The van der Waals surface area contributed by atoms with Gasteiger partial charge in [0, 0.05) is 39.8 Å². The van der Waals surface area contributed by atoms with Crippen LogP contribution in [0, 0.1) is 5.92 Å². The van der Waals surface area contributed by atoms with Crippen molar-refractivity contribution >= 4 is 29.9 Å². The van der Waals surface area contributed by atoms with Crippen molar-refractivity contribution in [3.05, 3.63) is 23.8 Å². The molecule has 8 heteroatoms. The molecule has 0 spiro atoms. The first-order valence-corrected chi connectivity index (χ1v) is 10.1. The summed E-state index contributed by atoms with van der Waals surface area (Å²) in [4.78, 5) is 6.79. The molecule has 1 aromatic rings. The van der Waals surface area contributed by atoms with Crippen LogP contribution in [0.3, 0.4) is 0 Å². The summed E-state index contributed by atoms with van der Waals surface area (Å²) in [5.74, 6) is 2.94. The molecule has 1 saturated heterocycles. The number of ether oxygens (including phenoxy) is 3. The van der Waals surface area contributed by atoms with Gasteiger partial charge in [-0.1, -0.05) is 19.9 Å². The lowest BCUT2D eigenvalue weighted by Crippen LogP contribution is -2.50. The average Bonchev–Trinajstić information content (AvgIpc) is 2.68. The summed E-state index contributed by atoms with van der Waals surface area (Å²) in [6, 6.07) is 5.95. The van der Waals surface area contributed by atoms with Crippen LogP contribution in [0.1, 0.15) is 26.3 Å². The summed E-state index contributed by atoms with van der Waals surface area (Å²) in [6.07, 6.45) is 0.177. The Balaban J connectivity index is 0.00000420. The van der Waals surface area contributed by atoms with Crippen molar-refractivity contribution in [1.29, 1.82) is 0 Å². The molecular weight excluding hydrogens is 483 g/mol. The van der Waals surface area contributed by atoms with Gasteiger partial charge in [0.1, 0.15) is 0 Å². The normalized spacial score (nSPS) is 17.6. The summed E-state index contributed by atoms with van der Waals surface area (Å²) < 4.78 is 16.9. The summed E-state index contributed by atoms with van der Waals surface area (Å²) in [6.45, 7) is 12.3. The second-order valence-electron chi connectivity index (χ2n) is 7.37. The van der Waals surface area contributed by atoms with E-state index in [4.69, 9.17) is 14.2 Å². The third-order valence-corrected chi connectivity index (χ3v) is 4.55. The zero-order valence-corrected chi connectivity index (χ0v) is 20.7. The van der Waals surface area contributed by atoms with Crippen LogP contribution >= 0.6 is 24.0 Å². The van der Waals surface area contributed by atoms with Gasteiger partial charge in [-0.05, 0) is 30.5 Å². The highest BCUT2D eigenvalue weighted by Crippen LogP contribution is 2.27. The van der Waals surface area contributed by atoms with E-state index in [1.165, 1.54) is 0 Å². The Hall–Kier alpha value is -1.26. The molecule has 1 aliphatic heterocycles. The van der Waals surface area contributed by atoms with Crippen molar-refractivity contribution in [3.8, 4) is 11.5 Å². The number of methoxy groups -OCH3 is 1. The van der Waals surface area contributed by atoms with Gasteiger partial charge in [0.25, 0.3) is 0 Å². The van der Waals surface area contributed by atoms with E-state index in [1.54, 1.807) is 14.2 Å². The maximum Gasteiger partial charge on any atom is 0.191 e. The number of halogens is 1. The molecule has 7 nitrogen and oxygen atoms in total. The topological polar surface area (TPSA) is 67.4 Å². The Bertz CT molecular complexity index is 628. The minimum atomic E-state index is 0. The predicted molar refractivity (Wildman–Crippen MR) is 129 cm³/mol. The Morgan fingerprint density at radius 3 is 2.76 bits per heavy atom. The summed E-state index contributed by atoms with van der Waals surface area (Å²) in [7, 11) is 3.43. The van der Waals surface area contributed by atoms with Gasteiger partial charge in [0.15, 0.2) is 17.5 Å². The van der Waals surface area contributed by atoms with E-state index in [9.17, 15) is 0 Å². The van der Waals surface area contributed by atoms with Crippen LogP contribution in [-0.2, 0) is 11.3 Å². The number of morpholine rings is 1. The fourth-order valence-electron chi connectivity index (χ4n) is 3.30. The lowest BCUT2D eigenvalue weighted by molar-refractivity contribution is -0.0284. The highest BCUT2D eigenvalue weighted by atomic mass is 127. The zero-order chi connectivity index (χ0) is 20.4. The molecule has 1 unspecified atom stereocenters. The van der Waals surface area contributed by atoms with Crippen molar-refractivity contribution in [2.24, 2.45) is 10.9 Å². The molecule has 0 radical (unpaired) electrons. The van der Waals surface area contributed by atoms with E-state index in [0.717, 1.165) is 55.8 Å². The quantitative estimate of drug-likeness (QED) is 0.297. The maximum atomic E-state index is 5.90. The molecule has 0 aromatic heterocycles. The summed E-state index contributed by atoms with van der Waals surface area (Å²) in [5.41, 5.74) is 1.10. The largest absolute Gasteiger partial charge is 0.493 e. The Kier molecular flexibility index (Phi) is 12.3. The van der Waals surface area contributed by atoms with Crippen LogP contribution in [0.25, 0.3) is 0 Å². The second kappa shape index (κ2) is 13.9. The van der Waals surface area contributed by atoms with Gasteiger partial charge in [-0.2, -0.15) is 0 Å². The van der Waals surface area contributed by atoms with Gasteiger partial charge < -0.3 is 24.8 Å². The van der Waals surface area contributed by atoms with Crippen molar-refractivity contribution in [1.82, 2.24) is 15.5 Å². The van der Waals surface area contributed by atoms with Gasteiger partial charge in [0.2, 0.25) is 0 Å². The molecule has 0 aliphatic carbocycles. The molecule has 2 rings (SSSR count). The summed E-state index contributed by atoms with van der Waals surface area (Å²) in [5, 5.41) is 6.73. The van der Waals surface area contributed by atoms with Crippen molar-refractivity contribution in [3.63, 3.8) is 0 Å². The molecule has 0 bridgehead atoms. The highest BCUT2D eigenvalue weighted by molar-refractivity contribution is 14.0. The van der Waals surface area contributed by atoms with Gasteiger partial charge in [-0.25, -0.2) is 0 Å². The number of hydrogen-bond donors (Lipinski definition) is 2. The van der Waals surface area contributed by atoms with Crippen LogP contribution in [0.4, 0.5) is 0 Å². The number of benzene rings is 1. The number of nitrogens with one attached hydrogen (secondary N) is 2. The molecule has 0 saturated carbocycles. The van der Waals surface area contributed by atoms with Crippen LogP contribution in [0.5, 0.6) is 11.5 Å². The zero-order valence-electron chi connectivity index (χ0n) is 18.4. The van der Waals surface area contributed by atoms with E-state index in [1.807, 2.05) is 25.1 Å². The van der Waals surface area contributed by atoms with Gasteiger partial charge in [-0.15, -0.1) is 24.0 Å². The molecule has 29 heavy (non-hydrogen) atoms. The van der Waals surface area contributed by atoms with E-state index in [0.29, 0.717) is 19.1 Å². The molecule has 1 atom stereocenters. The molecule has 166 valence electrons. The van der Waals surface area contributed by atoms with Crippen molar-refractivity contribution < 1.29 is 14.2 Å². The summed E-state index contributed by atoms with van der Waals surface area (Å²) >= 11 is 0. The second-order valence-corrected chi connectivity index (χ2v) is 7.37. The van der Waals surface area contributed by atoms with Gasteiger partial charge in [0.05, 0.1) is 26.4 Å². The van der Waals surface area contributed by atoms with Crippen molar-refractivity contribution in [2.45, 2.75) is 33.4 Å². The predicted octanol–water partition coefficient (Wildman–Crippen LogP) is 2.73. The average molecular weight is 520 g/mol. The van der Waals surface area contributed by atoms with Crippen LogP contribution < -0.4 is 20.1 Å². The SMILES string of the molecule is CCOc1cc(CNC(=NC)NCC2CN(CC(C)C)CCO2)ccc1OC.I. The number of hydrogen-bond acceptors (Lipinski definition) is 5. The van der Waals surface area contributed by atoms with E-state index in [-0.39, 0.29) is 30.1 Å². The molecule has 0 amide bonds. The lowest BCUT2D eigenvalue weighted by Gasteiger charge is -2.34. The first-order chi connectivity index (χ1) is 13.5. The molecule has 1 fully saturated rings. The number of aliphatic imine (C=N–C) groups is 1. The maximum absolute atomic E-state index is 5.90. The monoisotopic (exact) mass is 520 g/mol. The van der Waals surface area contributed by atoms with Gasteiger partial charge in [-0.3, -0.25) is 9.89 Å². The standard InChI is InChI=1S/C21H36N4O3.HI/c1-6-27-20-11-17(7-8-19(20)26-5)12-23-21(22-4)24-13-18-15-25(9-10-28-18)14-16(2)3;/h7-8,11,16,18H,6,9-10,12-15H2,1-5H3,(H2,22,23,24);1H. The lowest BCUT2D eigenvalue weighted by atomic mass is 10.2. The van der Waals surface area contributed by atoms with Crippen LogP contribution in [-0.4, -0.2) is 70.5 Å². The Morgan fingerprint density at radius 1 is 1.31 bits per heavy atom. The Labute approximate surface area is 192 Å². The minimum Gasteiger partial charge on any atom is -0.493 e. The first-order valence-electron chi connectivity index (χ1n) is 10.1. The van der Waals surface area contributed by atoms with E-state index < -0.39 is 0 Å². The van der Waals surface area contributed by atoms with Crippen LogP contribution in [0.15, 0.2) is 23.2 Å². The fraction of sp³-hybridized carbons (Fsp3) is 0.667. The van der Waals surface area contributed by atoms with E-state index >= 15 is 0 Å². The molecule has 1 heterocycles. The van der Waals surface area contributed by atoms with Crippen molar-refractivity contribution in [2.75, 3.05) is 53.6 Å². The Morgan fingerprint density at radius 2 is 2.10 bits per heavy atom. The number of nitrogens with zero attached hydrogens (tertiary/aromatic N) is 2.